The predicted molar refractivity (Wildman–Crippen MR) is 93.7 cm³/mol. The minimum absolute atomic E-state index is 0.255. The van der Waals surface area contributed by atoms with Gasteiger partial charge in [0.25, 0.3) is 5.91 Å². The van der Waals surface area contributed by atoms with E-state index in [0.29, 0.717) is 17.7 Å². The van der Waals surface area contributed by atoms with Gasteiger partial charge in [-0.1, -0.05) is 6.07 Å². The van der Waals surface area contributed by atoms with Crippen LogP contribution in [0.2, 0.25) is 0 Å². The summed E-state index contributed by atoms with van der Waals surface area (Å²) in [5, 5.41) is 2.86. The molecular weight excluding hydrogens is 319 g/mol. The highest BCUT2D eigenvalue weighted by molar-refractivity contribution is 5.94. The molecule has 0 radical (unpaired) electrons. The van der Waals surface area contributed by atoms with Crippen LogP contribution in [0, 0.1) is 19.7 Å². The Bertz CT molecular complexity index is 793. The molecule has 0 aliphatic carbocycles. The molecule has 0 unspecified atom stereocenters. The Kier molecular flexibility index (Phi) is 5.08. The van der Waals surface area contributed by atoms with E-state index in [-0.39, 0.29) is 17.8 Å². The van der Waals surface area contributed by atoms with Crippen molar-refractivity contribution in [3.63, 3.8) is 0 Å². The number of hydrogen-bond acceptors (Lipinski definition) is 4. The van der Waals surface area contributed by atoms with Gasteiger partial charge in [-0.05, 0) is 58.0 Å². The maximum Gasteiger partial charge on any atom is 0.251 e. The van der Waals surface area contributed by atoms with Gasteiger partial charge in [-0.3, -0.25) is 9.69 Å². The standard InChI is InChI=1S/C19H23FN4O/c1-12-6-7-14(9-16(12)20)19(25)22-11-15-10-21-13(2)23-18(15)17-5-4-8-24(17)3/h6-7,9-10,17H,4-5,8,11H2,1-3H3,(H,22,25)/t17-/m0/s1. The Morgan fingerprint density at radius 2 is 2.20 bits per heavy atom. The van der Waals surface area contributed by atoms with E-state index in [0.717, 1.165) is 36.5 Å². The molecular formula is C19H23FN4O. The van der Waals surface area contributed by atoms with Crippen LogP contribution in [0.5, 0.6) is 0 Å². The van der Waals surface area contributed by atoms with E-state index in [1.165, 1.54) is 6.07 Å². The molecule has 0 bridgehead atoms. The Labute approximate surface area is 147 Å². The summed E-state index contributed by atoms with van der Waals surface area (Å²) in [6.45, 7) is 4.91. The molecule has 5 nitrogen and oxygen atoms in total. The quantitative estimate of drug-likeness (QED) is 0.928. The van der Waals surface area contributed by atoms with E-state index in [1.54, 1.807) is 25.3 Å². The van der Waals surface area contributed by atoms with Crippen molar-refractivity contribution in [1.82, 2.24) is 20.2 Å². The second kappa shape index (κ2) is 7.27. The largest absolute Gasteiger partial charge is 0.348 e. The molecule has 1 aliphatic rings. The summed E-state index contributed by atoms with van der Waals surface area (Å²) in [7, 11) is 2.09. The number of rotatable bonds is 4. The fraction of sp³-hybridized carbons (Fsp3) is 0.421. The molecule has 0 saturated carbocycles. The van der Waals surface area contributed by atoms with Crippen molar-refractivity contribution < 1.29 is 9.18 Å². The highest BCUT2D eigenvalue weighted by Gasteiger charge is 2.26. The molecule has 3 rings (SSSR count). The van der Waals surface area contributed by atoms with Crippen molar-refractivity contribution in [2.75, 3.05) is 13.6 Å². The number of halogens is 1. The minimum Gasteiger partial charge on any atom is -0.348 e. The fourth-order valence-electron chi connectivity index (χ4n) is 3.20. The average Bonchev–Trinajstić information content (AvgIpc) is 3.01. The third-order valence-electron chi connectivity index (χ3n) is 4.73. The summed E-state index contributed by atoms with van der Waals surface area (Å²) >= 11 is 0. The normalized spacial score (nSPS) is 17.7. The van der Waals surface area contributed by atoms with Crippen LogP contribution in [-0.4, -0.2) is 34.4 Å². The van der Waals surface area contributed by atoms with Gasteiger partial charge in [0.2, 0.25) is 0 Å². The summed E-state index contributed by atoms with van der Waals surface area (Å²) in [6.07, 6.45) is 3.97. The molecule has 1 fully saturated rings. The number of aromatic nitrogens is 2. The van der Waals surface area contributed by atoms with Crippen LogP contribution in [0.15, 0.2) is 24.4 Å². The zero-order valence-corrected chi connectivity index (χ0v) is 14.8. The third-order valence-corrected chi connectivity index (χ3v) is 4.73. The van der Waals surface area contributed by atoms with Crippen molar-refractivity contribution in [3.8, 4) is 0 Å². The monoisotopic (exact) mass is 342 g/mol. The molecule has 2 aromatic rings. The van der Waals surface area contributed by atoms with Crippen LogP contribution < -0.4 is 5.32 Å². The lowest BCUT2D eigenvalue weighted by molar-refractivity contribution is 0.0950. The predicted octanol–water partition coefficient (Wildman–Crippen LogP) is 2.93. The number of nitrogens with one attached hydrogen (secondary N) is 1. The van der Waals surface area contributed by atoms with Gasteiger partial charge < -0.3 is 5.32 Å². The zero-order chi connectivity index (χ0) is 18.0. The van der Waals surface area contributed by atoms with E-state index in [4.69, 9.17) is 0 Å². The van der Waals surface area contributed by atoms with Gasteiger partial charge in [0.05, 0.1) is 11.7 Å². The molecule has 1 saturated heterocycles. The number of aryl methyl sites for hydroxylation is 2. The Hall–Kier alpha value is -2.34. The Morgan fingerprint density at radius 3 is 2.88 bits per heavy atom. The van der Waals surface area contributed by atoms with Gasteiger partial charge in [-0.25, -0.2) is 14.4 Å². The molecule has 1 amide bonds. The lowest BCUT2D eigenvalue weighted by atomic mass is 10.1. The molecule has 1 atom stereocenters. The zero-order valence-electron chi connectivity index (χ0n) is 14.8. The highest BCUT2D eigenvalue weighted by atomic mass is 19.1. The summed E-state index contributed by atoms with van der Waals surface area (Å²) in [5.74, 6) is 0.0516. The Morgan fingerprint density at radius 1 is 1.40 bits per heavy atom. The van der Waals surface area contributed by atoms with Gasteiger partial charge >= 0.3 is 0 Å². The van der Waals surface area contributed by atoms with Crippen LogP contribution in [0.4, 0.5) is 4.39 Å². The topological polar surface area (TPSA) is 58.1 Å². The summed E-state index contributed by atoms with van der Waals surface area (Å²) in [5.41, 5.74) is 2.72. The first kappa shape index (κ1) is 17.5. The molecule has 0 spiro atoms. The number of likely N-dealkylation sites (tertiary alicyclic amines) is 1. The van der Waals surface area contributed by atoms with E-state index in [9.17, 15) is 9.18 Å². The van der Waals surface area contributed by atoms with Gasteiger partial charge in [-0.15, -0.1) is 0 Å². The van der Waals surface area contributed by atoms with Crippen molar-refractivity contribution in [3.05, 3.63) is 58.4 Å². The molecule has 1 aromatic heterocycles. The number of carbonyl (C=O) groups is 1. The molecule has 1 N–H and O–H groups in total. The van der Waals surface area contributed by atoms with Gasteiger partial charge in [-0.2, -0.15) is 0 Å². The van der Waals surface area contributed by atoms with Gasteiger partial charge in [0.15, 0.2) is 0 Å². The van der Waals surface area contributed by atoms with Gasteiger partial charge in [0.1, 0.15) is 11.6 Å². The smallest absolute Gasteiger partial charge is 0.251 e. The maximum atomic E-state index is 13.7. The van der Waals surface area contributed by atoms with Crippen molar-refractivity contribution >= 4 is 5.91 Å². The van der Waals surface area contributed by atoms with Crippen LogP contribution in [0.25, 0.3) is 0 Å². The maximum absolute atomic E-state index is 13.7. The summed E-state index contributed by atoms with van der Waals surface area (Å²) < 4.78 is 13.7. The van der Waals surface area contributed by atoms with E-state index in [2.05, 4.69) is 27.2 Å². The first-order valence-corrected chi connectivity index (χ1v) is 8.52. The van der Waals surface area contributed by atoms with Crippen LogP contribution in [0.1, 0.15) is 51.9 Å². The van der Waals surface area contributed by atoms with E-state index >= 15 is 0 Å². The Balaban J connectivity index is 1.76. The summed E-state index contributed by atoms with van der Waals surface area (Å²) in [6, 6.07) is 4.76. The number of carbonyl (C=O) groups excluding carboxylic acids is 1. The van der Waals surface area contributed by atoms with Crippen molar-refractivity contribution in [1.29, 1.82) is 0 Å². The van der Waals surface area contributed by atoms with Gasteiger partial charge in [0, 0.05) is 23.9 Å². The SMILES string of the molecule is Cc1ncc(CNC(=O)c2ccc(C)c(F)c2)c([C@@H]2CCCN2C)n1. The molecule has 2 heterocycles. The first-order valence-electron chi connectivity index (χ1n) is 8.52. The summed E-state index contributed by atoms with van der Waals surface area (Å²) in [4.78, 5) is 23.5. The molecule has 132 valence electrons. The average molecular weight is 342 g/mol. The number of benzene rings is 1. The molecule has 1 aromatic carbocycles. The fourth-order valence-corrected chi connectivity index (χ4v) is 3.20. The lowest BCUT2D eigenvalue weighted by Gasteiger charge is -2.21. The van der Waals surface area contributed by atoms with E-state index < -0.39 is 0 Å². The minimum atomic E-state index is -0.375. The second-order valence-corrected chi connectivity index (χ2v) is 6.61. The van der Waals surface area contributed by atoms with Crippen LogP contribution >= 0.6 is 0 Å². The molecule has 6 heteroatoms. The molecule has 25 heavy (non-hydrogen) atoms. The first-order chi connectivity index (χ1) is 12.0. The van der Waals surface area contributed by atoms with Crippen molar-refractivity contribution in [2.45, 2.75) is 39.3 Å². The van der Waals surface area contributed by atoms with Crippen LogP contribution in [0.3, 0.4) is 0 Å². The van der Waals surface area contributed by atoms with Crippen LogP contribution in [-0.2, 0) is 6.54 Å². The number of nitrogens with zero attached hydrogens (tertiary/aromatic N) is 3. The molecule has 1 aliphatic heterocycles. The second-order valence-electron chi connectivity index (χ2n) is 6.61. The third kappa shape index (κ3) is 3.85. The van der Waals surface area contributed by atoms with E-state index in [1.807, 2.05) is 6.92 Å². The lowest BCUT2D eigenvalue weighted by Crippen LogP contribution is -2.26. The van der Waals surface area contributed by atoms with Crippen molar-refractivity contribution in [2.24, 2.45) is 0 Å². The highest BCUT2D eigenvalue weighted by Crippen LogP contribution is 2.31. The number of hydrogen-bond donors (Lipinski definition) is 1. The number of amides is 1.